The van der Waals surface area contributed by atoms with E-state index in [1.165, 1.54) is 0 Å². The highest BCUT2D eigenvalue weighted by Gasteiger charge is 2.04. The quantitative estimate of drug-likeness (QED) is 0.811. The van der Waals surface area contributed by atoms with E-state index >= 15 is 0 Å². The Morgan fingerprint density at radius 3 is 2.88 bits per heavy atom. The number of alkyl halides is 1. The summed E-state index contributed by atoms with van der Waals surface area (Å²) < 4.78 is 2.54. The highest BCUT2D eigenvalue weighted by atomic mass is 79.9. The number of aryl methyl sites for hydroxylation is 1. The molecule has 0 amide bonds. The molecule has 0 unspecified atom stereocenters. The summed E-state index contributed by atoms with van der Waals surface area (Å²) in [6.07, 6.45) is 2.56. The van der Waals surface area contributed by atoms with Gasteiger partial charge < -0.3 is 0 Å². The molecule has 0 spiro atoms. The molecule has 0 aliphatic heterocycles. The van der Waals surface area contributed by atoms with Crippen LogP contribution in [0.25, 0.3) is 5.69 Å². The second-order valence-electron chi connectivity index (χ2n) is 3.19. The highest BCUT2D eigenvalue weighted by Crippen LogP contribution is 2.24. The van der Waals surface area contributed by atoms with E-state index in [9.17, 15) is 0 Å². The third kappa shape index (κ3) is 2.56. The molecule has 0 saturated carbocycles. The number of halogens is 3. The van der Waals surface area contributed by atoms with Crippen molar-refractivity contribution in [3.8, 4) is 5.69 Å². The molecule has 0 radical (unpaired) electrons. The third-order valence-corrected chi connectivity index (χ3v) is 3.48. The highest BCUT2D eigenvalue weighted by molar-refractivity contribution is 9.10. The first-order valence-corrected chi connectivity index (χ1v) is 6.34. The number of aromatic nitrogens is 3. The summed E-state index contributed by atoms with van der Waals surface area (Å²) in [6.45, 7) is 0. The van der Waals surface area contributed by atoms with Gasteiger partial charge in [0, 0.05) is 16.8 Å². The molecular weight excluding hydrogens is 313 g/mol. The SMILES string of the molecule is ClCCc1cn(-c2ccc(Br)c(Cl)c2)nn1. The molecule has 6 heteroatoms. The standard InChI is InChI=1S/C10H8BrCl2N3/c11-9-2-1-8(5-10(9)13)16-6-7(3-4-12)14-15-16/h1-2,5-6H,3-4H2. The second kappa shape index (κ2) is 5.17. The van der Waals surface area contributed by atoms with Crippen LogP contribution in [0, 0.1) is 0 Å². The Kier molecular flexibility index (Phi) is 3.84. The molecule has 1 heterocycles. The van der Waals surface area contributed by atoms with Crippen molar-refractivity contribution in [1.29, 1.82) is 0 Å². The van der Waals surface area contributed by atoms with Crippen molar-refractivity contribution >= 4 is 39.1 Å². The summed E-state index contributed by atoms with van der Waals surface area (Å²) >= 11 is 15.0. The Morgan fingerprint density at radius 1 is 1.38 bits per heavy atom. The second-order valence-corrected chi connectivity index (χ2v) is 4.83. The number of hydrogen-bond donors (Lipinski definition) is 0. The largest absolute Gasteiger partial charge is 0.220 e. The fourth-order valence-electron chi connectivity index (χ4n) is 1.26. The zero-order valence-electron chi connectivity index (χ0n) is 8.20. The molecule has 1 aromatic heterocycles. The lowest BCUT2D eigenvalue weighted by molar-refractivity contribution is 0.798. The van der Waals surface area contributed by atoms with Crippen LogP contribution in [0.15, 0.2) is 28.9 Å². The van der Waals surface area contributed by atoms with Crippen LogP contribution in [0.4, 0.5) is 0 Å². The monoisotopic (exact) mass is 319 g/mol. The van der Waals surface area contributed by atoms with E-state index in [0.29, 0.717) is 17.3 Å². The Labute approximate surface area is 111 Å². The Hall–Kier alpha value is -0.580. The Morgan fingerprint density at radius 2 is 2.19 bits per heavy atom. The summed E-state index contributed by atoms with van der Waals surface area (Å²) in [5.41, 5.74) is 1.75. The van der Waals surface area contributed by atoms with Crippen molar-refractivity contribution in [2.45, 2.75) is 6.42 Å². The van der Waals surface area contributed by atoms with Crippen LogP contribution >= 0.6 is 39.1 Å². The minimum absolute atomic E-state index is 0.541. The van der Waals surface area contributed by atoms with Gasteiger partial charge in [0.2, 0.25) is 0 Å². The minimum Gasteiger partial charge on any atom is -0.220 e. The van der Waals surface area contributed by atoms with E-state index in [4.69, 9.17) is 23.2 Å². The lowest BCUT2D eigenvalue weighted by atomic mass is 10.3. The maximum absolute atomic E-state index is 6.00. The van der Waals surface area contributed by atoms with E-state index < -0.39 is 0 Å². The van der Waals surface area contributed by atoms with Crippen molar-refractivity contribution in [2.75, 3.05) is 5.88 Å². The lowest BCUT2D eigenvalue weighted by Gasteiger charge is -2.01. The molecule has 2 aromatic rings. The number of hydrogen-bond acceptors (Lipinski definition) is 2. The van der Waals surface area contributed by atoms with Crippen LogP contribution in [-0.2, 0) is 6.42 Å². The maximum Gasteiger partial charge on any atom is 0.0843 e. The van der Waals surface area contributed by atoms with Gasteiger partial charge in [0.05, 0.1) is 22.6 Å². The van der Waals surface area contributed by atoms with Gasteiger partial charge in [-0.3, -0.25) is 0 Å². The molecule has 0 saturated heterocycles. The lowest BCUT2D eigenvalue weighted by Crippen LogP contribution is -1.94. The molecule has 0 bridgehead atoms. The molecular formula is C10H8BrCl2N3. The Balaban J connectivity index is 2.31. The Bertz CT molecular complexity index is 499. The van der Waals surface area contributed by atoms with Gasteiger partial charge in [-0.1, -0.05) is 16.8 Å². The van der Waals surface area contributed by atoms with E-state index in [-0.39, 0.29) is 0 Å². The number of rotatable bonds is 3. The average Bonchev–Trinajstić information content (AvgIpc) is 2.71. The first-order chi connectivity index (χ1) is 7.70. The topological polar surface area (TPSA) is 30.7 Å². The minimum atomic E-state index is 0.541. The summed E-state index contributed by atoms with van der Waals surface area (Å²) in [4.78, 5) is 0. The van der Waals surface area contributed by atoms with Gasteiger partial charge in [-0.25, -0.2) is 4.68 Å². The summed E-state index contributed by atoms with van der Waals surface area (Å²) in [5, 5.41) is 8.66. The third-order valence-electron chi connectivity index (χ3n) is 2.06. The smallest absolute Gasteiger partial charge is 0.0843 e. The zero-order chi connectivity index (χ0) is 11.5. The van der Waals surface area contributed by atoms with E-state index in [1.807, 2.05) is 24.4 Å². The maximum atomic E-state index is 6.00. The van der Waals surface area contributed by atoms with Crippen LogP contribution in [0.5, 0.6) is 0 Å². The van der Waals surface area contributed by atoms with Gasteiger partial charge in [-0.15, -0.1) is 16.7 Å². The predicted molar refractivity (Wildman–Crippen MR) is 68.5 cm³/mol. The van der Waals surface area contributed by atoms with Crippen molar-refractivity contribution < 1.29 is 0 Å². The fraction of sp³-hybridized carbons (Fsp3) is 0.200. The molecule has 0 fully saturated rings. The van der Waals surface area contributed by atoms with Gasteiger partial charge >= 0.3 is 0 Å². The zero-order valence-corrected chi connectivity index (χ0v) is 11.3. The number of benzene rings is 1. The van der Waals surface area contributed by atoms with Gasteiger partial charge in [-0.05, 0) is 34.1 Å². The van der Waals surface area contributed by atoms with Crippen molar-refractivity contribution in [3.05, 3.63) is 39.6 Å². The van der Waals surface area contributed by atoms with Crippen molar-refractivity contribution in [1.82, 2.24) is 15.0 Å². The van der Waals surface area contributed by atoms with E-state index in [0.717, 1.165) is 15.9 Å². The molecule has 2 rings (SSSR count). The molecule has 0 N–H and O–H groups in total. The summed E-state index contributed by atoms with van der Waals surface area (Å²) in [6, 6.07) is 5.61. The van der Waals surface area contributed by atoms with Crippen LogP contribution in [-0.4, -0.2) is 20.9 Å². The molecule has 0 atom stereocenters. The van der Waals surface area contributed by atoms with Crippen LogP contribution < -0.4 is 0 Å². The summed E-state index contributed by atoms with van der Waals surface area (Å²) in [5.74, 6) is 0.541. The predicted octanol–water partition coefficient (Wildman–Crippen LogP) is 3.46. The van der Waals surface area contributed by atoms with Gasteiger partial charge in [0.1, 0.15) is 0 Å². The molecule has 1 aromatic carbocycles. The molecule has 0 aliphatic carbocycles. The van der Waals surface area contributed by atoms with E-state index in [1.54, 1.807) is 4.68 Å². The normalized spacial score (nSPS) is 10.7. The molecule has 0 aliphatic rings. The first-order valence-electron chi connectivity index (χ1n) is 4.63. The van der Waals surface area contributed by atoms with Gasteiger partial charge in [0.15, 0.2) is 0 Å². The van der Waals surface area contributed by atoms with Crippen LogP contribution in [0.3, 0.4) is 0 Å². The van der Waals surface area contributed by atoms with Gasteiger partial charge in [-0.2, -0.15) is 0 Å². The molecule has 3 nitrogen and oxygen atoms in total. The molecule has 16 heavy (non-hydrogen) atoms. The van der Waals surface area contributed by atoms with Crippen molar-refractivity contribution in [3.63, 3.8) is 0 Å². The molecule has 84 valence electrons. The number of nitrogens with zero attached hydrogens (tertiary/aromatic N) is 3. The van der Waals surface area contributed by atoms with Crippen molar-refractivity contribution in [2.24, 2.45) is 0 Å². The van der Waals surface area contributed by atoms with Gasteiger partial charge in [0.25, 0.3) is 0 Å². The summed E-state index contributed by atoms with van der Waals surface area (Å²) in [7, 11) is 0. The van der Waals surface area contributed by atoms with E-state index in [2.05, 4.69) is 26.2 Å². The average molecular weight is 321 g/mol. The fourth-order valence-corrected chi connectivity index (χ4v) is 1.88. The first kappa shape index (κ1) is 11.9. The van der Waals surface area contributed by atoms with Crippen LogP contribution in [0.1, 0.15) is 5.69 Å². The van der Waals surface area contributed by atoms with Crippen LogP contribution in [0.2, 0.25) is 5.02 Å².